The summed E-state index contributed by atoms with van der Waals surface area (Å²) < 4.78 is 78.5. The molecule has 1 aromatic heterocycles. The van der Waals surface area contributed by atoms with Crippen LogP contribution in [0.2, 0.25) is 0 Å². The van der Waals surface area contributed by atoms with E-state index in [4.69, 9.17) is 25.6 Å². The van der Waals surface area contributed by atoms with Crippen LogP contribution >= 0.6 is 11.3 Å². The van der Waals surface area contributed by atoms with Gasteiger partial charge < -0.3 is 36.8 Å². The number of carbonyl (C=O) groups excluding carboxylic acids is 2. The van der Waals surface area contributed by atoms with Crippen molar-refractivity contribution in [2.75, 3.05) is 25.4 Å². The van der Waals surface area contributed by atoms with Gasteiger partial charge in [0.25, 0.3) is 17.9 Å². The van der Waals surface area contributed by atoms with Crippen LogP contribution in [0.4, 0.5) is 18.3 Å². The smallest absolute Gasteiger partial charge is 0.427 e. The van der Waals surface area contributed by atoms with Gasteiger partial charge in [-0.05, 0) is 31.2 Å². The summed E-state index contributed by atoms with van der Waals surface area (Å²) in [4.78, 5) is 48.4. The molecule has 3 heterocycles. The van der Waals surface area contributed by atoms with Gasteiger partial charge in [-0.3, -0.25) is 19.1 Å². The molecule has 2 saturated heterocycles. The van der Waals surface area contributed by atoms with Gasteiger partial charge in [-0.15, -0.1) is 0 Å². The summed E-state index contributed by atoms with van der Waals surface area (Å²) in [7, 11) is -4.99. The zero-order valence-corrected chi connectivity index (χ0v) is 24.5. The Balaban J connectivity index is 1.54. The number of carboxylic acid groups (broad SMARTS) is 1. The number of benzene rings is 1. The number of ether oxygens (including phenoxy) is 1. The molecule has 0 unspecified atom stereocenters. The predicted octanol–water partition coefficient (Wildman–Crippen LogP) is -0.808. The number of aromatic nitrogens is 1. The van der Waals surface area contributed by atoms with Crippen molar-refractivity contribution in [3.63, 3.8) is 0 Å². The van der Waals surface area contributed by atoms with Gasteiger partial charge >= 0.3 is 22.4 Å². The van der Waals surface area contributed by atoms with Gasteiger partial charge in [-0.1, -0.05) is 16.5 Å². The van der Waals surface area contributed by atoms with E-state index in [1.165, 1.54) is 12.1 Å². The molecule has 4 rings (SSSR count). The Morgan fingerprint density at radius 3 is 2.44 bits per heavy atom. The van der Waals surface area contributed by atoms with Crippen LogP contribution in [0, 0.1) is 0 Å². The zero-order valence-electron chi connectivity index (χ0n) is 22.9. The first kappa shape index (κ1) is 33.4. The van der Waals surface area contributed by atoms with Crippen molar-refractivity contribution in [2.45, 2.75) is 37.3 Å². The number of thiazole rings is 1. The Hall–Kier alpha value is -4.54. The number of anilines is 1. The van der Waals surface area contributed by atoms with Crippen LogP contribution in [0.15, 0.2) is 34.4 Å². The SMILES string of the molecule is C[C@H]1[C@H](NC(=O)/C(=N\O[C@@H](COc2ccc(C(N)=NC3CNC3)cc2)C(=O)O)c2nc(N)sc2C(F)(F)F)C(=O)N1S(=O)(=O)O. The third-order valence-electron chi connectivity index (χ3n) is 6.39. The van der Waals surface area contributed by atoms with Crippen LogP contribution in [0.25, 0.3) is 0 Å². The Morgan fingerprint density at radius 2 is 1.93 bits per heavy atom. The summed E-state index contributed by atoms with van der Waals surface area (Å²) in [5.74, 6) is -4.07. The van der Waals surface area contributed by atoms with E-state index in [0.29, 0.717) is 18.7 Å². The number of alkyl halides is 3. The largest absolute Gasteiger partial charge is 0.489 e. The number of nitrogens with one attached hydrogen (secondary N) is 2. The fourth-order valence-corrected chi connectivity index (χ4v) is 5.57. The molecule has 2 aromatic rings. The van der Waals surface area contributed by atoms with Crippen LogP contribution in [-0.2, 0) is 35.7 Å². The van der Waals surface area contributed by atoms with E-state index < -0.39 is 80.5 Å². The second kappa shape index (κ2) is 12.8. The molecule has 22 heteroatoms. The van der Waals surface area contributed by atoms with Gasteiger partial charge in [-0.2, -0.15) is 21.6 Å². The molecule has 0 bridgehead atoms. The average molecular weight is 679 g/mol. The summed E-state index contributed by atoms with van der Waals surface area (Å²) in [6.07, 6.45) is -7.08. The Labute approximate surface area is 255 Å². The lowest BCUT2D eigenvalue weighted by molar-refractivity contribution is -0.152. The lowest BCUT2D eigenvalue weighted by Crippen LogP contribution is -2.71. The summed E-state index contributed by atoms with van der Waals surface area (Å²) in [5, 5.41) is 17.3. The summed E-state index contributed by atoms with van der Waals surface area (Å²) in [5.41, 5.74) is 9.61. The van der Waals surface area contributed by atoms with Crippen LogP contribution in [0.5, 0.6) is 5.75 Å². The molecule has 0 aliphatic carbocycles. The number of amidine groups is 1. The molecule has 8 N–H and O–H groups in total. The molecule has 0 spiro atoms. The highest BCUT2D eigenvalue weighted by molar-refractivity contribution is 7.84. The lowest BCUT2D eigenvalue weighted by Gasteiger charge is -2.42. The number of aliphatic carboxylic acids is 1. The van der Waals surface area contributed by atoms with Gasteiger partial charge in [0.1, 0.15) is 34.8 Å². The second-order valence-corrected chi connectivity index (χ2v) is 11.9. The number of β-lactam (4-membered cyclic amide) rings is 1. The maximum Gasteiger partial charge on any atom is 0.427 e. The molecule has 17 nitrogen and oxygen atoms in total. The monoisotopic (exact) mass is 678 g/mol. The molecule has 1 aromatic carbocycles. The molecule has 0 saturated carbocycles. The van der Waals surface area contributed by atoms with E-state index in [2.05, 4.69) is 20.4 Å². The van der Waals surface area contributed by atoms with Crippen LogP contribution in [0.1, 0.15) is 23.1 Å². The van der Waals surface area contributed by atoms with Crippen molar-refractivity contribution in [2.24, 2.45) is 15.9 Å². The molecule has 45 heavy (non-hydrogen) atoms. The van der Waals surface area contributed by atoms with Crippen molar-refractivity contribution < 1.29 is 55.2 Å². The third-order valence-corrected chi connectivity index (χ3v) is 8.33. The second-order valence-electron chi connectivity index (χ2n) is 9.57. The first-order valence-corrected chi connectivity index (χ1v) is 14.9. The molecule has 244 valence electrons. The number of nitrogens with two attached hydrogens (primary N) is 2. The van der Waals surface area contributed by atoms with Crippen molar-refractivity contribution in [3.05, 3.63) is 40.4 Å². The van der Waals surface area contributed by atoms with Crippen LogP contribution < -0.4 is 26.8 Å². The van der Waals surface area contributed by atoms with E-state index in [-0.39, 0.29) is 33.3 Å². The highest BCUT2D eigenvalue weighted by Gasteiger charge is 2.52. The highest BCUT2D eigenvalue weighted by atomic mass is 32.2. The molecule has 2 fully saturated rings. The van der Waals surface area contributed by atoms with Crippen molar-refractivity contribution in [1.29, 1.82) is 0 Å². The van der Waals surface area contributed by atoms with Gasteiger partial charge in [-0.25, -0.2) is 14.1 Å². The van der Waals surface area contributed by atoms with E-state index in [9.17, 15) is 41.1 Å². The summed E-state index contributed by atoms with van der Waals surface area (Å²) in [6, 6.07) is 3.13. The van der Waals surface area contributed by atoms with Crippen molar-refractivity contribution >= 4 is 56.1 Å². The number of carbonyl (C=O) groups is 3. The minimum absolute atomic E-state index is 0.0323. The van der Waals surface area contributed by atoms with E-state index in [1.54, 1.807) is 12.1 Å². The number of hydrogen-bond acceptors (Lipinski definition) is 13. The normalized spacial score (nSPS) is 20.2. The zero-order chi connectivity index (χ0) is 33.3. The quantitative estimate of drug-likeness (QED) is 0.0528. The molecular weight excluding hydrogens is 653 g/mol. The van der Waals surface area contributed by atoms with E-state index in [0.717, 1.165) is 6.92 Å². The van der Waals surface area contributed by atoms with Gasteiger partial charge in [0.2, 0.25) is 0 Å². The Bertz CT molecular complexity index is 1640. The van der Waals surface area contributed by atoms with E-state index >= 15 is 0 Å². The number of nitrogens with zero attached hydrogens (tertiary/aromatic N) is 4. The minimum atomic E-state index is -5.10. The van der Waals surface area contributed by atoms with E-state index in [1.807, 2.05) is 5.32 Å². The van der Waals surface area contributed by atoms with Gasteiger partial charge in [0.05, 0.1) is 12.1 Å². The predicted molar refractivity (Wildman–Crippen MR) is 150 cm³/mol. The topological polar surface area (TPSA) is 261 Å². The number of amides is 2. The fraction of sp³-hybridized carbons (Fsp3) is 0.391. The maximum atomic E-state index is 13.7. The Morgan fingerprint density at radius 1 is 1.29 bits per heavy atom. The molecule has 2 amide bonds. The Kier molecular flexibility index (Phi) is 9.51. The standard InChI is InChI=1S/C23H25F3N8O9S2/c1-9-14(20(36)34(9)45(39,40)41)31-19(35)16(15-17(23(24,25)26)44-22(28)32-15)33-43-13(21(37)38)8-42-12-4-2-10(3-5-12)18(27)30-11-6-29-7-11/h2-5,9,11,13-14,29H,6-8H2,1H3,(H2,27,30)(H2,28,32)(H,31,35)(H,37,38)(H,39,40,41)/b33-16-/t9-,13-,14-/m0/s1. The average Bonchev–Trinajstić information content (AvgIpc) is 3.32. The third kappa shape index (κ3) is 7.58. The number of carboxylic acids is 1. The number of hydrogen-bond donors (Lipinski definition) is 6. The number of nitrogen functional groups attached to an aromatic ring is 1. The van der Waals surface area contributed by atoms with Crippen LogP contribution in [0.3, 0.4) is 0 Å². The summed E-state index contributed by atoms with van der Waals surface area (Å²) in [6.45, 7) is 1.77. The number of rotatable bonds is 12. The fourth-order valence-electron chi connectivity index (χ4n) is 3.99. The van der Waals surface area contributed by atoms with Crippen molar-refractivity contribution in [1.82, 2.24) is 19.9 Å². The first-order chi connectivity index (χ1) is 21.0. The molecular formula is C23H25F3N8O9S2. The van der Waals surface area contributed by atoms with Gasteiger partial charge in [0, 0.05) is 18.7 Å². The number of oxime groups is 1. The molecule has 3 atom stereocenters. The van der Waals surface area contributed by atoms with Crippen LogP contribution in [-0.4, -0.2) is 101 Å². The lowest BCUT2D eigenvalue weighted by atomic mass is 10.0. The maximum absolute atomic E-state index is 13.7. The molecule has 2 aliphatic rings. The highest BCUT2D eigenvalue weighted by Crippen LogP contribution is 2.38. The molecule has 2 aliphatic heterocycles. The number of halogens is 3. The first-order valence-electron chi connectivity index (χ1n) is 12.7. The van der Waals surface area contributed by atoms with Crippen molar-refractivity contribution in [3.8, 4) is 5.75 Å². The minimum Gasteiger partial charge on any atom is -0.489 e. The number of aliphatic imine (C=N–C) groups is 1. The molecule has 0 radical (unpaired) electrons. The summed E-state index contributed by atoms with van der Waals surface area (Å²) >= 11 is -0.0545. The van der Waals surface area contributed by atoms with Gasteiger partial charge in [0.15, 0.2) is 10.8 Å².